The van der Waals surface area contributed by atoms with Gasteiger partial charge in [0, 0.05) is 12.6 Å². The fourth-order valence-corrected chi connectivity index (χ4v) is 2.31. The molecule has 0 unspecified atom stereocenters. The zero-order valence-electron chi connectivity index (χ0n) is 10.1. The molecule has 1 fully saturated rings. The third-order valence-corrected chi connectivity index (χ3v) is 3.09. The molecule has 1 saturated heterocycles. The first-order valence-electron chi connectivity index (χ1n) is 6.12. The maximum atomic E-state index is 3.44. The molecule has 1 aliphatic heterocycles. The van der Waals surface area contributed by atoms with Crippen molar-refractivity contribution in [1.29, 1.82) is 0 Å². The summed E-state index contributed by atoms with van der Waals surface area (Å²) in [5.74, 6) is 0.803. The maximum Gasteiger partial charge on any atom is 0.0194 e. The molecule has 1 atom stereocenters. The van der Waals surface area contributed by atoms with Crippen LogP contribution in [-0.4, -0.2) is 37.6 Å². The van der Waals surface area contributed by atoms with Crippen molar-refractivity contribution >= 4 is 0 Å². The highest BCUT2D eigenvalue weighted by Crippen LogP contribution is 2.11. The van der Waals surface area contributed by atoms with E-state index in [4.69, 9.17) is 0 Å². The first-order chi connectivity index (χ1) is 6.72. The minimum atomic E-state index is 0.688. The second-order valence-corrected chi connectivity index (χ2v) is 4.98. The zero-order chi connectivity index (χ0) is 10.4. The number of likely N-dealkylation sites (tertiary alicyclic amines) is 1. The van der Waals surface area contributed by atoms with Gasteiger partial charge >= 0.3 is 0 Å². The highest BCUT2D eigenvalue weighted by atomic mass is 15.1. The summed E-state index contributed by atoms with van der Waals surface area (Å²) in [6.45, 7) is 8.49. The lowest BCUT2D eigenvalue weighted by atomic mass is 10.0. The Hall–Kier alpha value is -0.0800. The molecule has 0 spiro atoms. The van der Waals surface area contributed by atoms with E-state index in [-0.39, 0.29) is 0 Å². The molecule has 1 heterocycles. The second-order valence-electron chi connectivity index (χ2n) is 4.98. The number of piperidine rings is 1. The third-order valence-electron chi connectivity index (χ3n) is 3.09. The highest BCUT2D eigenvalue weighted by molar-refractivity contribution is 4.74. The summed E-state index contributed by atoms with van der Waals surface area (Å²) in [6.07, 6.45) is 5.54. The summed E-state index contributed by atoms with van der Waals surface area (Å²) in [5, 5.41) is 3.44. The van der Waals surface area contributed by atoms with Gasteiger partial charge in [0.05, 0.1) is 0 Å². The molecule has 0 bridgehead atoms. The van der Waals surface area contributed by atoms with Gasteiger partial charge < -0.3 is 10.2 Å². The first-order valence-corrected chi connectivity index (χ1v) is 6.12. The summed E-state index contributed by atoms with van der Waals surface area (Å²) < 4.78 is 0. The van der Waals surface area contributed by atoms with E-state index in [0.717, 1.165) is 5.92 Å². The van der Waals surface area contributed by atoms with Crippen LogP contribution in [0.15, 0.2) is 0 Å². The van der Waals surface area contributed by atoms with Crippen LogP contribution in [0.3, 0.4) is 0 Å². The Morgan fingerprint density at radius 2 is 1.79 bits per heavy atom. The fourth-order valence-electron chi connectivity index (χ4n) is 2.31. The van der Waals surface area contributed by atoms with E-state index in [1.54, 1.807) is 0 Å². The van der Waals surface area contributed by atoms with Crippen LogP contribution < -0.4 is 5.32 Å². The molecule has 2 heteroatoms. The van der Waals surface area contributed by atoms with Crippen LogP contribution in [0.4, 0.5) is 0 Å². The Morgan fingerprint density at radius 3 is 2.29 bits per heavy atom. The molecule has 0 radical (unpaired) electrons. The van der Waals surface area contributed by atoms with Gasteiger partial charge in [0.15, 0.2) is 0 Å². The van der Waals surface area contributed by atoms with E-state index in [0.29, 0.717) is 6.04 Å². The van der Waals surface area contributed by atoms with E-state index < -0.39 is 0 Å². The highest BCUT2D eigenvalue weighted by Gasteiger charge is 2.15. The smallest absolute Gasteiger partial charge is 0.0194 e. The summed E-state index contributed by atoms with van der Waals surface area (Å²) in [4.78, 5) is 2.62. The largest absolute Gasteiger partial charge is 0.316 e. The van der Waals surface area contributed by atoms with Gasteiger partial charge in [-0.2, -0.15) is 0 Å². The van der Waals surface area contributed by atoms with Crippen molar-refractivity contribution in [3.63, 3.8) is 0 Å². The molecule has 1 N–H and O–H groups in total. The Morgan fingerprint density at radius 1 is 1.14 bits per heavy atom. The second kappa shape index (κ2) is 6.41. The van der Waals surface area contributed by atoms with Gasteiger partial charge in [-0.05, 0) is 45.3 Å². The average Bonchev–Trinajstić information content (AvgIpc) is 2.17. The van der Waals surface area contributed by atoms with Crippen molar-refractivity contribution in [3.05, 3.63) is 0 Å². The molecule has 0 saturated carbocycles. The Kier molecular flexibility index (Phi) is 5.49. The monoisotopic (exact) mass is 198 g/mol. The van der Waals surface area contributed by atoms with Crippen molar-refractivity contribution in [3.8, 4) is 0 Å². The SMILES string of the molecule is CN[C@H](CC(C)C)CN1CCCCC1. The summed E-state index contributed by atoms with van der Waals surface area (Å²) in [7, 11) is 2.09. The molecule has 1 rings (SSSR count). The molecule has 2 nitrogen and oxygen atoms in total. The number of rotatable bonds is 5. The van der Waals surface area contributed by atoms with Crippen LogP contribution >= 0.6 is 0 Å². The average molecular weight is 198 g/mol. The normalized spacial score (nSPS) is 21.4. The number of hydrogen-bond donors (Lipinski definition) is 1. The molecule has 84 valence electrons. The molecule has 1 aliphatic rings. The summed E-state index contributed by atoms with van der Waals surface area (Å²) in [5.41, 5.74) is 0. The van der Waals surface area contributed by atoms with Crippen LogP contribution in [0.25, 0.3) is 0 Å². The Labute approximate surface area is 89.1 Å². The number of nitrogens with zero attached hydrogens (tertiary/aromatic N) is 1. The molecule has 0 aliphatic carbocycles. The van der Waals surface area contributed by atoms with Crippen LogP contribution in [0.5, 0.6) is 0 Å². The summed E-state index contributed by atoms with van der Waals surface area (Å²) in [6, 6.07) is 0.688. The van der Waals surface area contributed by atoms with Crippen LogP contribution in [0, 0.1) is 5.92 Å². The minimum Gasteiger partial charge on any atom is -0.316 e. The lowest BCUT2D eigenvalue weighted by Gasteiger charge is -2.31. The van der Waals surface area contributed by atoms with E-state index in [1.807, 2.05) is 0 Å². The standard InChI is InChI=1S/C12H26N2/c1-11(2)9-12(13-3)10-14-7-5-4-6-8-14/h11-13H,4-10H2,1-3H3/t12-/m1/s1. The predicted octanol–water partition coefficient (Wildman–Crippen LogP) is 2.11. The zero-order valence-corrected chi connectivity index (χ0v) is 10.1. The molecule has 0 aromatic heterocycles. The van der Waals surface area contributed by atoms with Crippen molar-refractivity contribution in [2.45, 2.75) is 45.6 Å². The van der Waals surface area contributed by atoms with Crippen molar-refractivity contribution < 1.29 is 0 Å². The quantitative estimate of drug-likeness (QED) is 0.728. The predicted molar refractivity (Wildman–Crippen MR) is 62.6 cm³/mol. The van der Waals surface area contributed by atoms with Gasteiger partial charge in [0.1, 0.15) is 0 Å². The van der Waals surface area contributed by atoms with Gasteiger partial charge in [-0.15, -0.1) is 0 Å². The van der Waals surface area contributed by atoms with Gasteiger partial charge in [-0.25, -0.2) is 0 Å². The maximum absolute atomic E-state index is 3.44. The van der Waals surface area contributed by atoms with Crippen molar-refractivity contribution in [1.82, 2.24) is 10.2 Å². The lowest BCUT2D eigenvalue weighted by Crippen LogP contribution is -2.42. The van der Waals surface area contributed by atoms with E-state index in [1.165, 1.54) is 45.3 Å². The van der Waals surface area contributed by atoms with Crippen LogP contribution in [-0.2, 0) is 0 Å². The molecule has 0 amide bonds. The molecule has 0 aromatic carbocycles. The molecular formula is C12H26N2. The molecular weight excluding hydrogens is 172 g/mol. The fraction of sp³-hybridized carbons (Fsp3) is 1.00. The first kappa shape index (κ1) is 12.0. The van der Waals surface area contributed by atoms with Gasteiger partial charge in [-0.1, -0.05) is 20.3 Å². The van der Waals surface area contributed by atoms with Gasteiger partial charge in [0.2, 0.25) is 0 Å². The van der Waals surface area contributed by atoms with Crippen LogP contribution in [0.2, 0.25) is 0 Å². The van der Waals surface area contributed by atoms with Crippen LogP contribution in [0.1, 0.15) is 39.5 Å². The minimum absolute atomic E-state index is 0.688. The number of likely N-dealkylation sites (N-methyl/N-ethyl adjacent to an activating group) is 1. The Balaban J connectivity index is 2.23. The van der Waals surface area contributed by atoms with Crippen molar-refractivity contribution in [2.24, 2.45) is 5.92 Å². The van der Waals surface area contributed by atoms with Gasteiger partial charge in [0.25, 0.3) is 0 Å². The number of hydrogen-bond acceptors (Lipinski definition) is 2. The number of nitrogens with one attached hydrogen (secondary N) is 1. The van der Waals surface area contributed by atoms with E-state index >= 15 is 0 Å². The van der Waals surface area contributed by atoms with E-state index in [9.17, 15) is 0 Å². The van der Waals surface area contributed by atoms with E-state index in [2.05, 4.69) is 31.1 Å². The third kappa shape index (κ3) is 4.43. The summed E-state index contributed by atoms with van der Waals surface area (Å²) >= 11 is 0. The molecule has 0 aromatic rings. The topological polar surface area (TPSA) is 15.3 Å². The lowest BCUT2D eigenvalue weighted by molar-refractivity contribution is 0.199. The van der Waals surface area contributed by atoms with Gasteiger partial charge in [-0.3, -0.25) is 0 Å². The Bertz CT molecular complexity index is 139. The molecule has 14 heavy (non-hydrogen) atoms. The van der Waals surface area contributed by atoms with Crippen molar-refractivity contribution in [2.75, 3.05) is 26.7 Å².